The molecule has 1 fully saturated rings. The second kappa shape index (κ2) is 9.79. The third kappa shape index (κ3) is 4.91. The van der Waals surface area contributed by atoms with Crippen LogP contribution >= 0.6 is 0 Å². The summed E-state index contributed by atoms with van der Waals surface area (Å²) in [5.74, 6) is -0.729. The van der Waals surface area contributed by atoms with Gasteiger partial charge in [-0.2, -0.15) is 5.26 Å². The van der Waals surface area contributed by atoms with Crippen molar-refractivity contribution in [3.8, 4) is 11.8 Å². The molecule has 1 aliphatic rings. The Hall–Kier alpha value is -4.44. The lowest BCUT2D eigenvalue weighted by Crippen LogP contribution is -2.46. The van der Waals surface area contributed by atoms with Crippen molar-refractivity contribution < 1.29 is 19.1 Å². The van der Waals surface area contributed by atoms with Gasteiger partial charge in [-0.05, 0) is 42.0 Å². The summed E-state index contributed by atoms with van der Waals surface area (Å²) in [6, 6.07) is 25.5. The predicted molar refractivity (Wildman–Crippen MR) is 121 cm³/mol. The van der Waals surface area contributed by atoms with E-state index < -0.39 is 23.8 Å². The van der Waals surface area contributed by atoms with E-state index in [1.807, 2.05) is 42.5 Å². The summed E-state index contributed by atoms with van der Waals surface area (Å²) in [6.07, 6.45) is -0.122. The van der Waals surface area contributed by atoms with Gasteiger partial charge < -0.3 is 9.64 Å². The van der Waals surface area contributed by atoms with E-state index >= 15 is 0 Å². The van der Waals surface area contributed by atoms with Gasteiger partial charge in [-0.1, -0.05) is 48.5 Å². The van der Waals surface area contributed by atoms with Gasteiger partial charge in [-0.25, -0.2) is 4.90 Å². The number of benzene rings is 3. The van der Waals surface area contributed by atoms with Crippen molar-refractivity contribution in [2.45, 2.75) is 19.0 Å². The number of rotatable bonds is 7. The second-order valence-corrected chi connectivity index (χ2v) is 7.55. The Morgan fingerprint density at radius 3 is 2.24 bits per heavy atom. The number of para-hydroxylation sites is 1. The van der Waals surface area contributed by atoms with E-state index in [-0.39, 0.29) is 19.6 Å². The quantitative estimate of drug-likeness (QED) is 0.527. The van der Waals surface area contributed by atoms with E-state index in [4.69, 9.17) is 10.00 Å². The van der Waals surface area contributed by atoms with Crippen LogP contribution in [0.15, 0.2) is 84.9 Å². The molecule has 0 saturated carbocycles. The monoisotopic (exact) mass is 439 g/mol. The first kappa shape index (κ1) is 21.8. The normalized spacial score (nSPS) is 15.2. The van der Waals surface area contributed by atoms with E-state index in [9.17, 15) is 14.4 Å². The van der Waals surface area contributed by atoms with E-state index in [0.717, 1.165) is 10.5 Å². The van der Waals surface area contributed by atoms with E-state index in [1.54, 1.807) is 48.5 Å². The summed E-state index contributed by atoms with van der Waals surface area (Å²) in [7, 11) is 0. The van der Waals surface area contributed by atoms with Crippen molar-refractivity contribution in [1.29, 1.82) is 5.26 Å². The minimum absolute atomic E-state index is 0.122. The molecule has 0 aliphatic carbocycles. The zero-order valence-electron chi connectivity index (χ0n) is 17.8. The smallest absolute Gasteiger partial charge is 0.261 e. The van der Waals surface area contributed by atoms with Gasteiger partial charge in [-0.3, -0.25) is 14.4 Å². The average Bonchev–Trinajstić information content (AvgIpc) is 3.15. The summed E-state index contributed by atoms with van der Waals surface area (Å²) in [5, 5.41) is 8.99. The van der Waals surface area contributed by atoms with Gasteiger partial charge in [-0.15, -0.1) is 0 Å². The van der Waals surface area contributed by atoms with Gasteiger partial charge in [0, 0.05) is 6.54 Å². The SMILES string of the molecule is N#Cc1ccc(N2C(=O)CC(N(Cc3ccccc3)C(=O)COc3ccccc3)C2=O)cc1. The molecule has 0 radical (unpaired) electrons. The van der Waals surface area contributed by atoms with Crippen LogP contribution in [0.25, 0.3) is 0 Å². The number of carbonyl (C=O) groups excluding carboxylic acids is 3. The number of amides is 3. The van der Waals surface area contributed by atoms with Crippen molar-refractivity contribution in [1.82, 2.24) is 4.90 Å². The zero-order valence-corrected chi connectivity index (χ0v) is 17.8. The van der Waals surface area contributed by atoms with Gasteiger partial charge in [0.1, 0.15) is 11.8 Å². The number of hydrogen-bond acceptors (Lipinski definition) is 5. The van der Waals surface area contributed by atoms with Crippen LogP contribution in [0.4, 0.5) is 5.69 Å². The molecular weight excluding hydrogens is 418 g/mol. The summed E-state index contributed by atoms with van der Waals surface area (Å²) in [5.41, 5.74) is 1.63. The fourth-order valence-corrected chi connectivity index (χ4v) is 3.71. The minimum atomic E-state index is -0.944. The number of anilines is 1. The molecular formula is C26H21N3O4. The van der Waals surface area contributed by atoms with Crippen LogP contribution in [0.3, 0.4) is 0 Å². The second-order valence-electron chi connectivity index (χ2n) is 7.55. The Morgan fingerprint density at radius 2 is 1.61 bits per heavy atom. The van der Waals surface area contributed by atoms with Crippen LogP contribution in [0.5, 0.6) is 5.75 Å². The molecule has 3 amide bonds. The van der Waals surface area contributed by atoms with Crippen LogP contribution in [0.2, 0.25) is 0 Å². The van der Waals surface area contributed by atoms with Crippen molar-refractivity contribution in [2.75, 3.05) is 11.5 Å². The van der Waals surface area contributed by atoms with Gasteiger partial charge in [0.25, 0.3) is 11.8 Å². The number of nitrogens with zero attached hydrogens (tertiary/aromatic N) is 3. The van der Waals surface area contributed by atoms with Crippen LogP contribution in [-0.2, 0) is 20.9 Å². The van der Waals surface area contributed by atoms with E-state index in [2.05, 4.69) is 0 Å². The van der Waals surface area contributed by atoms with Crippen LogP contribution in [0.1, 0.15) is 17.5 Å². The molecule has 164 valence electrons. The largest absolute Gasteiger partial charge is 0.484 e. The lowest BCUT2D eigenvalue weighted by atomic mass is 10.1. The lowest BCUT2D eigenvalue weighted by molar-refractivity contribution is -0.140. The van der Waals surface area contributed by atoms with Crippen LogP contribution < -0.4 is 9.64 Å². The average molecular weight is 439 g/mol. The van der Waals surface area contributed by atoms with Gasteiger partial charge in [0.2, 0.25) is 5.91 Å². The molecule has 7 nitrogen and oxygen atoms in total. The van der Waals surface area contributed by atoms with Crippen molar-refractivity contribution in [3.63, 3.8) is 0 Å². The van der Waals surface area contributed by atoms with Crippen molar-refractivity contribution in [2.24, 2.45) is 0 Å². The summed E-state index contributed by atoms with van der Waals surface area (Å²) >= 11 is 0. The molecule has 0 spiro atoms. The predicted octanol–water partition coefficient (Wildman–Crippen LogP) is 3.30. The molecule has 33 heavy (non-hydrogen) atoms. The van der Waals surface area contributed by atoms with E-state index in [0.29, 0.717) is 17.0 Å². The highest BCUT2D eigenvalue weighted by molar-refractivity contribution is 6.23. The molecule has 1 aliphatic heterocycles. The molecule has 1 atom stereocenters. The molecule has 0 N–H and O–H groups in total. The Labute approximate surface area is 191 Å². The summed E-state index contributed by atoms with van der Waals surface area (Å²) in [6.45, 7) is -0.0889. The standard InChI is InChI=1S/C26H21N3O4/c27-16-19-11-13-21(14-12-19)29-24(30)15-23(26(29)32)28(17-20-7-3-1-4-8-20)25(31)18-33-22-9-5-2-6-10-22/h1-14,23H,15,17-18H2. The van der Waals surface area contributed by atoms with Crippen molar-refractivity contribution >= 4 is 23.4 Å². The van der Waals surface area contributed by atoms with Crippen LogP contribution in [-0.4, -0.2) is 35.3 Å². The number of hydrogen-bond donors (Lipinski definition) is 0. The number of nitriles is 1. The maximum Gasteiger partial charge on any atom is 0.261 e. The summed E-state index contributed by atoms with van der Waals surface area (Å²) < 4.78 is 5.61. The molecule has 1 saturated heterocycles. The Morgan fingerprint density at radius 1 is 0.970 bits per heavy atom. The molecule has 1 unspecified atom stereocenters. The molecule has 3 aromatic rings. The number of carbonyl (C=O) groups is 3. The van der Waals surface area contributed by atoms with Crippen LogP contribution in [0, 0.1) is 11.3 Å². The highest BCUT2D eigenvalue weighted by Gasteiger charge is 2.44. The molecule has 1 heterocycles. The first-order chi connectivity index (χ1) is 16.1. The maximum absolute atomic E-state index is 13.3. The van der Waals surface area contributed by atoms with Crippen molar-refractivity contribution in [3.05, 3.63) is 96.1 Å². The molecule has 0 bridgehead atoms. The molecule has 4 rings (SSSR count). The first-order valence-electron chi connectivity index (χ1n) is 10.4. The number of imide groups is 1. The summed E-state index contributed by atoms with van der Waals surface area (Å²) in [4.78, 5) is 41.7. The van der Waals surface area contributed by atoms with Gasteiger partial charge in [0.05, 0.1) is 23.7 Å². The highest BCUT2D eigenvalue weighted by atomic mass is 16.5. The first-order valence-corrected chi connectivity index (χ1v) is 10.4. The Kier molecular flexibility index (Phi) is 6.46. The van der Waals surface area contributed by atoms with Gasteiger partial charge >= 0.3 is 0 Å². The third-order valence-corrected chi connectivity index (χ3v) is 5.38. The molecule has 3 aromatic carbocycles. The topological polar surface area (TPSA) is 90.7 Å². The Bertz CT molecular complexity index is 1190. The Balaban J connectivity index is 1.57. The molecule has 0 aromatic heterocycles. The maximum atomic E-state index is 13.3. The lowest BCUT2D eigenvalue weighted by Gasteiger charge is -2.28. The zero-order chi connectivity index (χ0) is 23.2. The van der Waals surface area contributed by atoms with E-state index in [1.165, 1.54) is 4.90 Å². The van der Waals surface area contributed by atoms with Gasteiger partial charge in [0.15, 0.2) is 6.61 Å². The fourth-order valence-electron chi connectivity index (χ4n) is 3.71. The third-order valence-electron chi connectivity index (χ3n) is 5.38. The molecule has 7 heteroatoms. The number of ether oxygens (including phenoxy) is 1. The minimum Gasteiger partial charge on any atom is -0.484 e. The highest BCUT2D eigenvalue weighted by Crippen LogP contribution is 2.27. The fraction of sp³-hybridized carbons (Fsp3) is 0.154.